The summed E-state index contributed by atoms with van der Waals surface area (Å²) < 4.78 is 6.21. The van der Waals surface area contributed by atoms with Crippen molar-refractivity contribution in [3.63, 3.8) is 0 Å². The van der Waals surface area contributed by atoms with Gasteiger partial charge in [-0.05, 0) is 58.8 Å². The van der Waals surface area contributed by atoms with Gasteiger partial charge in [0.15, 0.2) is 0 Å². The van der Waals surface area contributed by atoms with E-state index in [9.17, 15) is 0 Å². The summed E-state index contributed by atoms with van der Waals surface area (Å²) in [5.41, 5.74) is 0. The summed E-state index contributed by atoms with van der Waals surface area (Å²) in [4.78, 5) is 5.73. The van der Waals surface area contributed by atoms with E-state index < -0.39 is 0 Å². The first-order chi connectivity index (χ1) is 19.2. The maximum absolute atomic E-state index is 6.21. The summed E-state index contributed by atoms with van der Waals surface area (Å²) in [5, 5.41) is 0. The monoisotopic (exact) mass is 553 g/mol. The van der Waals surface area contributed by atoms with Gasteiger partial charge in [-0.15, -0.1) is 0 Å². The van der Waals surface area contributed by atoms with Gasteiger partial charge >= 0.3 is 0 Å². The lowest BCUT2D eigenvalue weighted by Crippen LogP contribution is -2.52. The van der Waals surface area contributed by atoms with E-state index in [-0.39, 0.29) is 0 Å². The first kappa shape index (κ1) is 38.9. The molecule has 0 aromatic heterocycles. The van der Waals surface area contributed by atoms with Crippen LogP contribution in [-0.2, 0) is 4.74 Å². The van der Waals surface area contributed by atoms with Gasteiger partial charge in [-0.1, -0.05) is 156 Å². The Hall–Kier alpha value is -0.120. The van der Waals surface area contributed by atoms with Crippen molar-refractivity contribution in [2.45, 2.75) is 195 Å². The topological polar surface area (TPSA) is 15.7 Å². The predicted molar refractivity (Wildman–Crippen MR) is 177 cm³/mol. The standard InChI is InChI=1S/C36H76N2O/c1-6-11-15-19-23-27-31-37(32-28-24-20-16-12-7-2)36(35-39-10-5)38(33-29-25-21-17-13-8-3)34-30-26-22-18-14-9-4/h36H,6-35H2,1-5H3. The summed E-state index contributed by atoms with van der Waals surface area (Å²) in [6, 6.07) is 0. The van der Waals surface area contributed by atoms with E-state index in [1.807, 2.05) is 0 Å². The van der Waals surface area contributed by atoms with Crippen molar-refractivity contribution in [1.29, 1.82) is 0 Å². The third-order valence-electron chi connectivity index (χ3n) is 8.51. The lowest BCUT2D eigenvalue weighted by molar-refractivity contribution is -0.0267. The average molecular weight is 553 g/mol. The molecule has 0 atom stereocenters. The van der Waals surface area contributed by atoms with Crippen LogP contribution in [0.25, 0.3) is 0 Å². The second kappa shape index (κ2) is 32.4. The molecule has 0 aromatic carbocycles. The van der Waals surface area contributed by atoms with Gasteiger partial charge in [0, 0.05) is 6.61 Å². The van der Waals surface area contributed by atoms with Gasteiger partial charge in [0.05, 0.1) is 12.8 Å². The van der Waals surface area contributed by atoms with Crippen LogP contribution in [0, 0.1) is 0 Å². The summed E-state index contributed by atoms with van der Waals surface area (Å²) in [7, 11) is 0. The van der Waals surface area contributed by atoms with Crippen LogP contribution in [0.15, 0.2) is 0 Å². The number of nitrogens with zero attached hydrogens (tertiary/aromatic N) is 2. The Morgan fingerprint density at radius 2 is 0.615 bits per heavy atom. The minimum absolute atomic E-state index is 0.461. The van der Waals surface area contributed by atoms with Crippen molar-refractivity contribution in [2.75, 3.05) is 39.4 Å². The molecule has 0 bridgehead atoms. The van der Waals surface area contributed by atoms with Crippen molar-refractivity contribution in [3.8, 4) is 0 Å². The molecule has 0 spiro atoms. The quantitative estimate of drug-likeness (QED) is 0.0594. The highest BCUT2D eigenvalue weighted by Gasteiger charge is 2.25. The number of ether oxygens (including phenoxy) is 1. The molecule has 39 heavy (non-hydrogen) atoms. The number of hydrogen-bond donors (Lipinski definition) is 0. The van der Waals surface area contributed by atoms with Crippen LogP contribution in [0.3, 0.4) is 0 Å². The molecule has 0 rings (SSSR count). The highest BCUT2D eigenvalue weighted by Crippen LogP contribution is 2.17. The summed E-state index contributed by atoms with van der Waals surface area (Å²) in [6.07, 6.45) is 33.7. The van der Waals surface area contributed by atoms with Crippen LogP contribution < -0.4 is 0 Å². The Balaban J connectivity index is 5.26. The van der Waals surface area contributed by atoms with Crippen LogP contribution in [0.4, 0.5) is 0 Å². The van der Waals surface area contributed by atoms with Gasteiger partial charge in [0.2, 0.25) is 0 Å². The molecule has 3 nitrogen and oxygen atoms in total. The van der Waals surface area contributed by atoms with Crippen molar-refractivity contribution in [1.82, 2.24) is 9.80 Å². The van der Waals surface area contributed by atoms with Crippen molar-refractivity contribution in [2.24, 2.45) is 0 Å². The second-order valence-corrected chi connectivity index (χ2v) is 12.3. The molecule has 0 radical (unpaired) electrons. The van der Waals surface area contributed by atoms with Gasteiger partial charge in [-0.25, -0.2) is 0 Å². The third-order valence-corrected chi connectivity index (χ3v) is 8.51. The first-order valence-electron chi connectivity index (χ1n) is 18.3. The molecule has 0 N–H and O–H groups in total. The zero-order valence-electron chi connectivity index (χ0n) is 28.1. The molecular formula is C36H76N2O. The minimum atomic E-state index is 0.461. The van der Waals surface area contributed by atoms with Crippen LogP contribution in [0.1, 0.15) is 189 Å². The Kier molecular flexibility index (Phi) is 32.3. The molecule has 0 amide bonds. The molecule has 0 aliphatic rings. The largest absolute Gasteiger partial charge is 0.379 e. The normalized spacial score (nSPS) is 12.0. The predicted octanol–water partition coefficient (Wildman–Crippen LogP) is 11.4. The van der Waals surface area contributed by atoms with E-state index in [4.69, 9.17) is 4.74 Å². The number of rotatable bonds is 33. The first-order valence-corrected chi connectivity index (χ1v) is 18.3. The van der Waals surface area contributed by atoms with Crippen LogP contribution in [-0.4, -0.2) is 55.4 Å². The molecule has 0 heterocycles. The fourth-order valence-corrected chi connectivity index (χ4v) is 5.87. The lowest BCUT2D eigenvalue weighted by atomic mass is 10.1. The van der Waals surface area contributed by atoms with Crippen molar-refractivity contribution >= 4 is 0 Å². The maximum Gasteiger partial charge on any atom is 0.0863 e. The highest BCUT2D eigenvalue weighted by molar-refractivity contribution is 4.75. The van der Waals surface area contributed by atoms with Crippen molar-refractivity contribution < 1.29 is 4.74 Å². The van der Waals surface area contributed by atoms with Gasteiger partial charge in [-0.2, -0.15) is 0 Å². The maximum atomic E-state index is 6.21. The van der Waals surface area contributed by atoms with E-state index in [1.54, 1.807) is 0 Å². The molecule has 0 aliphatic heterocycles. The fourth-order valence-electron chi connectivity index (χ4n) is 5.87. The average Bonchev–Trinajstić information content (AvgIpc) is 2.95. The Morgan fingerprint density at radius 1 is 0.359 bits per heavy atom. The molecule has 0 saturated heterocycles. The van der Waals surface area contributed by atoms with Gasteiger partial charge in [0.1, 0.15) is 0 Å². The summed E-state index contributed by atoms with van der Waals surface area (Å²) in [6.45, 7) is 18.2. The van der Waals surface area contributed by atoms with E-state index in [0.717, 1.165) is 13.2 Å². The molecule has 236 valence electrons. The molecule has 0 aromatic rings. The van der Waals surface area contributed by atoms with Crippen LogP contribution >= 0.6 is 0 Å². The van der Waals surface area contributed by atoms with Gasteiger partial charge < -0.3 is 4.74 Å². The Bertz CT molecular complexity index is 376. The minimum Gasteiger partial charge on any atom is -0.379 e. The second-order valence-electron chi connectivity index (χ2n) is 12.3. The molecule has 0 unspecified atom stereocenters. The van der Waals surface area contributed by atoms with E-state index in [2.05, 4.69) is 44.4 Å². The SMILES string of the molecule is CCCCCCCCN(CCCCCCCC)C(COCC)N(CCCCCCCC)CCCCCCCC. The summed E-state index contributed by atoms with van der Waals surface area (Å²) in [5.74, 6) is 0. The zero-order chi connectivity index (χ0) is 28.7. The van der Waals surface area contributed by atoms with Gasteiger partial charge in [-0.3, -0.25) is 9.80 Å². The molecule has 0 fully saturated rings. The molecular weight excluding hydrogens is 476 g/mol. The summed E-state index contributed by atoms with van der Waals surface area (Å²) >= 11 is 0. The third kappa shape index (κ3) is 25.3. The Labute approximate surface area is 248 Å². The fraction of sp³-hybridized carbons (Fsp3) is 1.00. The molecule has 0 saturated carbocycles. The van der Waals surface area contributed by atoms with Crippen molar-refractivity contribution in [3.05, 3.63) is 0 Å². The Morgan fingerprint density at radius 3 is 0.872 bits per heavy atom. The highest BCUT2D eigenvalue weighted by atomic mass is 16.5. The lowest BCUT2D eigenvalue weighted by Gasteiger charge is -2.40. The van der Waals surface area contributed by atoms with E-state index in [0.29, 0.717) is 6.17 Å². The van der Waals surface area contributed by atoms with Gasteiger partial charge in [0.25, 0.3) is 0 Å². The number of hydrogen-bond acceptors (Lipinski definition) is 3. The molecule has 0 aliphatic carbocycles. The van der Waals surface area contributed by atoms with Crippen LogP contribution in [0.2, 0.25) is 0 Å². The smallest absolute Gasteiger partial charge is 0.0863 e. The molecule has 3 heteroatoms. The van der Waals surface area contributed by atoms with E-state index in [1.165, 1.54) is 180 Å². The number of unbranched alkanes of at least 4 members (excludes halogenated alkanes) is 20. The van der Waals surface area contributed by atoms with Crippen LogP contribution in [0.5, 0.6) is 0 Å². The zero-order valence-corrected chi connectivity index (χ0v) is 28.1. The van der Waals surface area contributed by atoms with E-state index >= 15 is 0 Å².